The minimum absolute atomic E-state index is 0.0891. The summed E-state index contributed by atoms with van der Waals surface area (Å²) in [7, 11) is 0. The van der Waals surface area contributed by atoms with Gasteiger partial charge in [0, 0.05) is 12.2 Å². The Morgan fingerprint density at radius 3 is 3.05 bits per heavy atom. The van der Waals surface area contributed by atoms with Crippen LogP contribution in [0.3, 0.4) is 0 Å². The van der Waals surface area contributed by atoms with Gasteiger partial charge in [-0.1, -0.05) is 30.2 Å². The molecule has 1 aliphatic heterocycles. The van der Waals surface area contributed by atoms with Crippen molar-refractivity contribution in [3.05, 3.63) is 35.7 Å². The van der Waals surface area contributed by atoms with Gasteiger partial charge in [-0.05, 0) is 44.4 Å². The van der Waals surface area contributed by atoms with Crippen LogP contribution < -0.4 is 10.2 Å². The molecule has 112 valence electrons. The number of nitrogens with zero attached hydrogens (tertiary/aromatic N) is 3. The van der Waals surface area contributed by atoms with E-state index in [0.29, 0.717) is 11.9 Å². The predicted octanol–water partition coefficient (Wildman–Crippen LogP) is 3.21. The van der Waals surface area contributed by atoms with E-state index in [0.717, 1.165) is 32.4 Å². The average Bonchev–Trinajstić information content (AvgIpc) is 3.02. The molecule has 0 aliphatic carbocycles. The molecule has 2 heterocycles. The second kappa shape index (κ2) is 6.26. The second-order valence-electron chi connectivity index (χ2n) is 5.48. The molecule has 1 aromatic heterocycles. The standard InChI is InChI=1S/C16H22N4O/c1-3-10-17-12(2)15-18-19-16(21-15)20-11-6-8-13-7-4-5-9-14(13)20/h4-5,7,9,12,17H,3,6,8,10-11H2,1-2H3. The highest BCUT2D eigenvalue weighted by molar-refractivity contribution is 5.62. The molecule has 5 nitrogen and oxygen atoms in total. The summed E-state index contributed by atoms with van der Waals surface area (Å²) in [4.78, 5) is 2.13. The zero-order valence-electron chi connectivity index (χ0n) is 12.7. The Morgan fingerprint density at radius 1 is 1.33 bits per heavy atom. The number of aromatic nitrogens is 2. The van der Waals surface area contributed by atoms with Gasteiger partial charge in [-0.15, -0.1) is 5.10 Å². The molecule has 1 aromatic carbocycles. The lowest BCUT2D eigenvalue weighted by atomic mass is 10.0. The normalized spacial score (nSPS) is 15.8. The van der Waals surface area contributed by atoms with Crippen molar-refractivity contribution in [3.63, 3.8) is 0 Å². The maximum atomic E-state index is 5.88. The summed E-state index contributed by atoms with van der Waals surface area (Å²) in [6.45, 7) is 6.07. The number of benzene rings is 1. The number of hydrogen-bond donors (Lipinski definition) is 1. The number of rotatable bonds is 5. The van der Waals surface area contributed by atoms with Crippen LogP contribution in [0.1, 0.15) is 44.2 Å². The summed E-state index contributed by atoms with van der Waals surface area (Å²) in [6, 6.07) is 9.12. The summed E-state index contributed by atoms with van der Waals surface area (Å²) in [5, 5.41) is 11.8. The Kier molecular flexibility index (Phi) is 4.20. The van der Waals surface area contributed by atoms with Gasteiger partial charge in [-0.3, -0.25) is 4.90 Å². The molecule has 3 rings (SSSR count). The number of para-hydroxylation sites is 1. The third kappa shape index (κ3) is 2.93. The van der Waals surface area contributed by atoms with Crippen LogP contribution in [-0.2, 0) is 6.42 Å². The van der Waals surface area contributed by atoms with E-state index >= 15 is 0 Å². The van der Waals surface area contributed by atoms with Gasteiger partial charge in [-0.25, -0.2) is 0 Å². The van der Waals surface area contributed by atoms with Gasteiger partial charge in [0.25, 0.3) is 0 Å². The molecule has 21 heavy (non-hydrogen) atoms. The van der Waals surface area contributed by atoms with Gasteiger partial charge in [0.2, 0.25) is 5.89 Å². The molecule has 1 N–H and O–H groups in total. The summed E-state index contributed by atoms with van der Waals surface area (Å²) in [6.07, 6.45) is 3.31. The lowest BCUT2D eigenvalue weighted by Gasteiger charge is -2.27. The third-order valence-corrected chi connectivity index (χ3v) is 3.84. The van der Waals surface area contributed by atoms with E-state index in [4.69, 9.17) is 4.42 Å². The lowest BCUT2D eigenvalue weighted by molar-refractivity contribution is 0.417. The Labute approximate surface area is 125 Å². The molecule has 0 bridgehead atoms. The highest BCUT2D eigenvalue weighted by Crippen LogP contribution is 2.32. The van der Waals surface area contributed by atoms with Crippen LogP contribution in [0.15, 0.2) is 28.7 Å². The Morgan fingerprint density at radius 2 is 2.19 bits per heavy atom. The van der Waals surface area contributed by atoms with E-state index in [1.54, 1.807) is 0 Å². The Bertz CT molecular complexity index is 595. The van der Waals surface area contributed by atoms with Crippen molar-refractivity contribution in [2.75, 3.05) is 18.0 Å². The van der Waals surface area contributed by atoms with Gasteiger partial charge in [0.15, 0.2) is 0 Å². The van der Waals surface area contributed by atoms with Crippen LogP contribution in [0.25, 0.3) is 0 Å². The van der Waals surface area contributed by atoms with Crippen molar-refractivity contribution in [1.82, 2.24) is 15.5 Å². The lowest BCUT2D eigenvalue weighted by Crippen LogP contribution is -2.24. The van der Waals surface area contributed by atoms with Crippen LogP contribution in [0, 0.1) is 0 Å². The first-order valence-electron chi connectivity index (χ1n) is 7.72. The van der Waals surface area contributed by atoms with Gasteiger partial charge >= 0.3 is 6.01 Å². The number of nitrogens with one attached hydrogen (secondary N) is 1. The molecule has 2 aromatic rings. The zero-order chi connectivity index (χ0) is 14.7. The number of aryl methyl sites for hydroxylation is 1. The van der Waals surface area contributed by atoms with E-state index in [1.165, 1.54) is 11.3 Å². The molecule has 1 unspecified atom stereocenters. The monoisotopic (exact) mass is 286 g/mol. The van der Waals surface area contributed by atoms with Crippen LogP contribution in [0.4, 0.5) is 11.7 Å². The van der Waals surface area contributed by atoms with Crippen molar-refractivity contribution < 1.29 is 4.42 Å². The highest BCUT2D eigenvalue weighted by Gasteiger charge is 2.23. The molecule has 1 aliphatic rings. The van der Waals surface area contributed by atoms with E-state index in [2.05, 4.69) is 58.5 Å². The summed E-state index contributed by atoms with van der Waals surface area (Å²) >= 11 is 0. The first-order chi connectivity index (χ1) is 10.3. The molecule has 5 heteroatoms. The van der Waals surface area contributed by atoms with Crippen LogP contribution in [0.5, 0.6) is 0 Å². The number of fused-ring (bicyclic) bond motifs is 1. The third-order valence-electron chi connectivity index (χ3n) is 3.84. The number of hydrogen-bond acceptors (Lipinski definition) is 5. The predicted molar refractivity (Wildman–Crippen MR) is 82.8 cm³/mol. The fourth-order valence-corrected chi connectivity index (χ4v) is 2.69. The molecule has 1 atom stereocenters. The largest absolute Gasteiger partial charge is 0.406 e. The smallest absolute Gasteiger partial charge is 0.322 e. The fourth-order valence-electron chi connectivity index (χ4n) is 2.69. The quantitative estimate of drug-likeness (QED) is 0.914. The topological polar surface area (TPSA) is 54.2 Å². The van der Waals surface area contributed by atoms with Crippen LogP contribution >= 0.6 is 0 Å². The first kappa shape index (κ1) is 14.1. The molecule has 0 saturated heterocycles. The number of anilines is 2. The summed E-state index contributed by atoms with van der Waals surface area (Å²) in [5.41, 5.74) is 2.54. The Hall–Kier alpha value is -1.88. The molecule has 0 spiro atoms. The summed E-state index contributed by atoms with van der Waals surface area (Å²) in [5.74, 6) is 0.654. The molecule has 0 saturated carbocycles. The van der Waals surface area contributed by atoms with Crippen molar-refractivity contribution in [2.24, 2.45) is 0 Å². The molecular formula is C16H22N4O. The minimum atomic E-state index is 0.0891. The van der Waals surface area contributed by atoms with Gasteiger partial charge < -0.3 is 9.73 Å². The maximum absolute atomic E-state index is 5.88. The van der Waals surface area contributed by atoms with E-state index in [9.17, 15) is 0 Å². The molecule has 0 fully saturated rings. The van der Waals surface area contributed by atoms with Crippen molar-refractivity contribution in [3.8, 4) is 0 Å². The van der Waals surface area contributed by atoms with Crippen molar-refractivity contribution >= 4 is 11.7 Å². The second-order valence-corrected chi connectivity index (χ2v) is 5.48. The fraction of sp³-hybridized carbons (Fsp3) is 0.500. The molecule has 0 amide bonds. The minimum Gasteiger partial charge on any atom is -0.406 e. The maximum Gasteiger partial charge on any atom is 0.322 e. The SMILES string of the molecule is CCCNC(C)c1nnc(N2CCCc3ccccc32)o1. The highest BCUT2D eigenvalue weighted by atomic mass is 16.4. The molecular weight excluding hydrogens is 264 g/mol. The van der Waals surface area contributed by atoms with Gasteiger partial charge in [0.1, 0.15) is 0 Å². The van der Waals surface area contributed by atoms with Gasteiger partial charge in [-0.2, -0.15) is 0 Å². The molecule has 0 radical (unpaired) electrons. The van der Waals surface area contributed by atoms with E-state index < -0.39 is 0 Å². The van der Waals surface area contributed by atoms with E-state index in [-0.39, 0.29) is 6.04 Å². The Balaban J connectivity index is 1.81. The first-order valence-corrected chi connectivity index (χ1v) is 7.72. The van der Waals surface area contributed by atoms with Crippen molar-refractivity contribution in [2.45, 2.75) is 39.2 Å². The average molecular weight is 286 g/mol. The van der Waals surface area contributed by atoms with Crippen molar-refractivity contribution in [1.29, 1.82) is 0 Å². The van der Waals surface area contributed by atoms with Crippen LogP contribution in [-0.4, -0.2) is 23.3 Å². The van der Waals surface area contributed by atoms with Crippen LogP contribution in [0.2, 0.25) is 0 Å². The van der Waals surface area contributed by atoms with Gasteiger partial charge in [0.05, 0.1) is 6.04 Å². The van der Waals surface area contributed by atoms with E-state index in [1.807, 2.05) is 0 Å². The summed E-state index contributed by atoms with van der Waals surface area (Å²) < 4.78 is 5.88. The zero-order valence-corrected chi connectivity index (χ0v) is 12.7.